The van der Waals surface area contributed by atoms with Gasteiger partial charge in [-0.05, 0) is 32.1 Å². The van der Waals surface area contributed by atoms with Crippen LogP contribution in [0.1, 0.15) is 110 Å². The van der Waals surface area contributed by atoms with Crippen molar-refractivity contribution in [3.63, 3.8) is 0 Å². The molecule has 1 heterocycles. The minimum absolute atomic E-state index is 0.154. The van der Waals surface area contributed by atoms with Crippen molar-refractivity contribution >= 4 is 0 Å². The topological polar surface area (TPSA) is 79.2 Å². The van der Waals surface area contributed by atoms with Crippen LogP contribution >= 0.6 is 0 Å². The zero-order chi connectivity index (χ0) is 22.6. The Hall–Kier alpha value is -0.460. The van der Waals surface area contributed by atoms with Crippen molar-refractivity contribution in [1.82, 2.24) is 0 Å². The molecule has 0 aromatic rings. The predicted octanol–water partition coefficient (Wildman–Crippen LogP) is 5.30. The van der Waals surface area contributed by atoms with Crippen LogP contribution in [-0.4, -0.2) is 59.6 Å². The quantitative estimate of drug-likeness (QED) is 0.166. The second-order valence-electron chi connectivity index (χ2n) is 9.10. The normalized spacial score (nSPS) is 22.5. The molecule has 5 nitrogen and oxygen atoms in total. The van der Waals surface area contributed by atoms with Gasteiger partial charge in [0.05, 0.1) is 13.2 Å². The highest BCUT2D eigenvalue weighted by Crippen LogP contribution is 2.21. The summed E-state index contributed by atoms with van der Waals surface area (Å²) in [6.45, 7) is 2.60. The average molecular weight is 443 g/mol. The summed E-state index contributed by atoms with van der Waals surface area (Å²) in [5.41, 5.74) is 0. The van der Waals surface area contributed by atoms with E-state index in [9.17, 15) is 10.2 Å². The van der Waals surface area contributed by atoms with Crippen molar-refractivity contribution in [1.29, 1.82) is 0 Å². The molecule has 0 amide bonds. The van der Waals surface area contributed by atoms with Crippen molar-refractivity contribution in [2.75, 3.05) is 19.8 Å². The highest BCUT2D eigenvalue weighted by atomic mass is 16.6. The summed E-state index contributed by atoms with van der Waals surface area (Å²) in [5, 5.41) is 28.7. The van der Waals surface area contributed by atoms with E-state index in [2.05, 4.69) is 19.1 Å². The SMILES string of the molecule is CCCCCCCC/C=C/CCCCCCCCCCO[C@H]1[C@@H]([C@@H](O)CO)OC[C@H]1O. The standard InChI is InChI=1S/C26H50O5/c1-2-3-4-5-6-7-8-9-10-11-12-13-14-15-16-17-18-19-20-30-26-24(29)22-31-25(26)23(28)21-27/h9-10,23-29H,2-8,11-22H2,1H3/b10-9+/t23-,24+,25+,26+/m0/s1. The number of aliphatic hydroxyl groups excluding tert-OH is 3. The van der Waals surface area contributed by atoms with Crippen molar-refractivity contribution in [3.05, 3.63) is 12.2 Å². The van der Waals surface area contributed by atoms with Crippen LogP contribution in [0.25, 0.3) is 0 Å². The number of ether oxygens (including phenoxy) is 2. The van der Waals surface area contributed by atoms with Gasteiger partial charge in [0, 0.05) is 6.61 Å². The minimum atomic E-state index is -1.00. The number of allylic oxidation sites excluding steroid dienone is 2. The summed E-state index contributed by atoms with van der Waals surface area (Å²) in [6.07, 6.45) is 22.5. The zero-order valence-electron chi connectivity index (χ0n) is 20.1. The fourth-order valence-electron chi connectivity index (χ4n) is 4.18. The van der Waals surface area contributed by atoms with E-state index in [-0.39, 0.29) is 13.2 Å². The van der Waals surface area contributed by atoms with Gasteiger partial charge in [-0.25, -0.2) is 0 Å². The molecule has 0 aromatic carbocycles. The second-order valence-corrected chi connectivity index (χ2v) is 9.10. The highest BCUT2D eigenvalue weighted by Gasteiger charge is 2.40. The molecule has 1 fully saturated rings. The van der Waals surface area contributed by atoms with Gasteiger partial charge < -0.3 is 24.8 Å². The molecule has 31 heavy (non-hydrogen) atoms. The molecule has 3 N–H and O–H groups in total. The Balaban J connectivity index is 1.83. The van der Waals surface area contributed by atoms with Crippen molar-refractivity contribution in [3.8, 4) is 0 Å². The summed E-state index contributed by atoms with van der Waals surface area (Å²) < 4.78 is 11.1. The van der Waals surface area contributed by atoms with Crippen LogP contribution < -0.4 is 0 Å². The maximum absolute atomic E-state index is 9.91. The molecular weight excluding hydrogens is 392 g/mol. The molecule has 0 saturated carbocycles. The average Bonchev–Trinajstić information content (AvgIpc) is 3.15. The fourth-order valence-corrected chi connectivity index (χ4v) is 4.18. The van der Waals surface area contributed by atoms with E-state index < -0.39 is 24.4 Å². The predicted molar refractivity (Wildman–Crippen MR) is 127 cm³/mol. The molecule has 1 rings (SSSR count). The molecule has 1 aliphatic rings. The fraction of sp³-hybridized carbons (Fsp3) is 0.923. The summed E-state index contributed by atoms with van der Waals surface area (Å²) in [6, 6.07) is 0. The summed E-state index contributed by atoms with van der Waals surface area (Å²) in [7, 11) is 0. The molecule has 5 heteroatoms. The Morgan fingerprint density at radius 2 is 1.35 bits per heavy atom. The molecule has 1 aliphatic heterocycles. The summed E-state index contributed by atoms with van der Waals surface area (Å²) in [5.74, 6) is 0. The molecule has 0 aliphatic carbocycles. The Morgan fingerprint density at radius 3 is 1.90 bits per heavy atom. The maximum atomic E-state index is 9.91. The Bertz CT molecular complexity index is 415. The van der Waals surface area contributed by atoms with Gasteiger partial charge in [0.25, 0.3) is 0 Å². The third kappa shape index (κ3) is 14.3. The van der Waals surface area contributed by atoms with E-state index >= 15 is 0 Å². The molecule has 0 spiro atoms. The van der Waals surface area contributed by atoms with Gasteiger partial charge in [0.1, 0.15) is 24.4 Å². The lowest BCUT2D eigenvalue weighted by Crippen LogP contribution is -2.42. The van der Waals surface area contributed by atoms with Crippen LogP contribution in [0.15, 0.2) is 12.2 Å². The molecular formula is C26H50O5. The third-order valence-corrected chi connectivity index (χ3v) is 6.20. The van der Waals surface area contributed by atoms with Gasteiger partial charge in [0.2, 0.25) is 0 Å². The lowest BCUT2D eigenvalue weighted by molar-refractivity contribution is -0.0938. The number of aliphatic hydroxyl groups is 3. The molecule has 0 aromatic heterocycles. The molecule has 0 radical (unpaired) electrons. The molecule has 1 saturated heterocycles. The van der Waals surface area contributed by atoms with E-state index in [0.29, 0.717) is 6.61 Å². The van der Waals surface area contributed by atoms with Crippen LogP contribution in [0.2, 0.25) is 0 Å². The molecule has 0 bridgehead atoms. The second kappa shape index (κ2) is 20.2. The smallest absolute Gasteiger partial charge is 0.114 e. The van der Waals surface area contributed by atoms with E-state index in [4.69, 9.17) is 14.6 Å². The monoisotopic (exact) mass is 442 g/mol. The summed E-state index contributed by atoms with van der Waals surface area (Å²) >= 11 is 0. The largest absolute Gasteiger partial charge is 0.394 e. The number of unbranched alkanes of at least 4 members (excludes halogenated alkanes) is 14. The van der Waals surface area contributed by atoms with Crippen LogP contribution in [-0.2, 0) is 9.47 Å². The van der Waals surface area contributed by atoms with E-state index in [0.717, 1.165) is 12.8 Å². The summed E-state index contributed by atoms with van der Waals surface area (Å²) in [4.78, 5) is 0. The first-order chi connectivity index (χ1) is 15.2. The Labute approximate surface area is 191 Å². The van der Waals surface area contributed by atoms with Crippen LogP contribution in [0, 0.1) is 0 Å². The van der Waals surface area contributed by atoms with Crippen molar-refractivity contribution in [2.45, 2.75) is 134 Å². The first-order valence-corrected chi connectivity index (χ1v) is 13.1. The lowest BCUT2D eigenvalue weighted by Gasteiger charge is -2.23. The van der Waals surface area contributed by atoms with Gasteiger partial charge in [0.15, 0.2) is 0 Å². The van der Waals surface area contributed by atoms with Gasteiger partial charge in [-0.1, -0.05) is 89.7 Å². The van der Waals surface area contributed by atoms with E-state index in [1.54, 1.807) is 0 Å². The van der Waals surface area contributed by atoms with E-state index in [1.165, 1.54) is 89.9 Å². The number of hydrogen-bond acceptors (Lipinski definition) is 5. The third-order valence-electron chi connectivity index (χ3n) is 6.20. The van der Waals surface area contributed by atoms with Crippen molar-refractivity contribution in [2.24, 2.45) is 0 Å². The minimum Gasteiger partial charge on any atom is -0.394 e. The number of hydrogen-bond donors (Lipinski definition) is 3. The van der Waals surface area contributed by atoms with Crippen LogP contribution in [0.3, 0.4) is 0 Å². The Morgan fingerprint density at radius 1 is 0.839 bits per heavy atom. The molecule has 4 atom stereocenters. The molecule has 184 valence electrons. The highest BCUT2D eigenvalue weighted by molar-refractivity contribution is 4.89. The first kappa shape index (κ1) is 28.6. The van der Waals surface area contributed by atoms with Crippen LogP contribution in [0.4, 0.5) is 0 Å². The van der Waals surface area contributed by atoms with E-state index in [1.807, 2.05) is 0 Å². The van der Waals surface area contributed by atoms with Crippen LogP contribution in [0.5, 0.6) is 0 Å². The first-order valence-electron chi connectivity index (χ1n) is 13.1. The number of rotatable bonds is 21. The Kier molecular flexibility index (Phi) is 18.6. The lowest BCUT2D eigenvalue weighted by atomic mass is 10.1. The maximum Gasteiger partial charge on any atom is 0.114 e. The van der Waals surface area contributed by atoms with Gasteiger partial charge in [-0.3, -0.25) is 0 Å². The van der Waals surface area contributed by atoms with Gasteiger partial charge in [-0.15, -0.1) is 0 Å². The van der Waals surface area contributed by atoms with Gasteiger partial charge >= 0.3 is 0 Å². The zero-order valence-corrected chi connectivity index (χ0v) is 20.1. The molecule has 0 unspecified atom stereocenters. The van der Waals surface area contributed by atoms with Crippen molar-refractivity contribution < 1.29 is 24.8 Å². The van der Waals surface area contributed by atoms with Gasteiger partial charge in [-0.2, -0.15) is 0 Å².